The summed E-state index contributed by atoms with van der Waals surface area (Å²) in [6, 6.07) is -12.3. The molecule has 0 spiro atoms. The maximum absolute atomic E-state index is 15.0. The van der Waals surface area contributed by atoms with Gasteiger partial charge in [0.2, 0.25) is 65.0 Å². The number of aliphatic hydroxyl groups is 1. The monoisotopic (exact) mass is 1130 g/mol. The molecule has 1 rings (SSSR count). The van der Waals surface area contributed by atoms with Crippen LogP contribution in [-0.4, -0.2) is 233 Å². The van der Waals surface area contributed by atoms with Crippen LogP contribution in [0.4, 0.5) is 0 Å². The largest absolute Gasteiger partial charge is 0.390 e. The number of rotatable bonds is 13. The van der Waals surface area contributed by atoms with Crippen LogP contribution >= 0.6 is 0 Å². The molecule has 1 aliphatic heterocycles. The summed E-state index contributed by atoms with van der Waals surface area (Å²) in [4.78, 5) is 165. The molecule has 0 aromatic rings. The number of carbonyl (C=O) groups excluding carboxylic acids is 11. The Balaban J connectivity index is 4.17. The zero-order chi connectivity index (χ0) is 62.1. The molecule has 1 fully saturated rings. The highest BCUT2D eigenvalue weighted by molar-refractivity contribution is 5.99. The van der Waals surface area contributed by atoms with Crippen LogP contribution < -0.4 is 27.0 Å². The van der Waals surface area contributed by atoms with Crippen molar-refractivity contribution in [2.24, 2.45) is 35.3 Å². The number of unbranched alkanes of at least 4 members (excludes halogenated alkanes) is 1. The first-order chi connectivity index (χ1) is 36.9. The molecule has 11 amide bonds. The number of carbonyl (C=O) groups is 11. The van der Waals surface area contributed by atoms with Gasteiger partial charge in [-0.05, 0) is 95.4 Å². The van der Waals surface area contributed by atoms with Crippen LogP contribution in [0.2, 0.25) is 0 Å². The van der Waals surface area contributed by atoms with Gasteiger partial charge in [-0.2, -0.15) is 0 Å². The number of likely N-dealkylation sites (N-methyl/N-ethyl adjacent to an activating group) is 7. The van der Waals surface area contributed by atoms with E-state index in [-0.39, 0.29) is 37.5 Å². The first-order valence-corrected chi connectivity index (χ1v) is 28.4. The topological polar surface area (TPSA) is 305 Å². The zero-order valence-corrected chi connectivity index (χ0v) is 52.0. The third kappa shape index (κ3) is 19.4. The van der Waals surface area contributed by atoms with Crippen LogP contribution in [0.3, 0.4) is 0 Å². The summed E-state index contributed by atoms with van der Waals surface area (Å²) < 4.78 is 0. The first-order valence-electron chi connectivity index (χ1n) is 28.4. The summed E-state index contributed by atoms with van der Waals surface area (Å²) in [6.07, 6.45) is -0.119. The minimum atomic E-state index is -1.58. The number of aliphatic hydroxyl groups excluding tert-OH is 1. The number of hydrogen-bond acceptors (Lipinski definition) is 13. The van der Waals surface area contributed by atoms with Gasteiger partial charge in [0.15, 0.2) is 0 Å². The van der Waals surface area contributed by atoms with Crippen LogP contribution in [-0.2, 0) is 52.7 Å². The van der Waals surface area contributed by atoms with Gasteiger partial charge in [-0.25, -0.2) is 0 Å². The molecule has 1 saturated heterocycles. The maximum atomic E-state index is 15.0. The van der Waals surface area contributed by atoms with E-state index in [0.29, 0.717) is 19.4 Å². The lowest BCUT2D eigenvalue weighted by Crippen LogP contribution is -2.63. The van der Waals surface area contributed by atoms with Crippen molar-refractivity contribution < 1.29 is 57.8 Å². The lowest BCUT2D eigenvalue weighted by Gasteiger charge is -2.41. The second kappa shape index (κ2) is 32.5. The van der Waals surface area contributed by atoms with E-state index in [1.165, 1.54) is 84.8 Å². The number of hydrogen-bond donors (Lipinski definition) is 6. The molecular weight excluding hydrogens is 1030 g/mol. The van der Waals surface area contributed by atoms with Crippen LogP contribution in [0.25, 0.3) is 0 Å². The summed E-state index contributed by atoms with van der Waals surface area (Å²) in [7, 11) is 9.71. The molecule has 458 valence electrons. The van der Waals surface area contributed by atoms with Gasteiger partial charge < -0.3 is 66.4 Å². The smallest absolute Gasteiger partial charge is 0.246 e. The van der Waals surface area contributed by atoms with Crippen molar-refractivity contribution in [3.8, 4) is 0 Å². The third-order valence-corrected chi connectivity index (χ3v) is 15.3. The highest BCUT2D eigenvalue weighted by Crippen LogP contribution is 2.24. The van der Waals surface area contributed by atoms with E-state index in [9.17, 15) is 57.8 Å². The van der Waals surface area contributed by atoms with Crippen LogP contribution in [0.15, 0.2) is 0 Å². The maximum Gasteiger partial charge on any atom is 0.246 e. The normalized spacial score (nSPS) is 27.2. The number of nitrogens with zero attached hydrogens (tertiary/aromatic N) is 7. The molecule has 0 aromatic heterocycles. The fourth-order valence-electron chi connectivity index (χ4n) is 9.58. The van der Waals surface area contributed by atoms with E-state index in [2.05, 4.69) is 21.3 Å². The molecule has 24 nitrogen and oxygen atoms in total. The fraction of sp³-hybridized carbons (Fsp3) is 0.804. The van der Waals surface area contributed by atoms with Crippen LogP contribution in [0, 0.1) is 29.6 Å². The fourth-order valence-corrected chi connectivity index (χ4v) is 9.58. The molecule has 0 radical (unpaired) electrons. The minimum absolute atomic E-state index is 0.0278. The molecule has 11 atom stereocenters. The number of nitrogens with one attached hydrogen (secondary N) is 4. The SMILES string of the molecule is CCC1NC(=O)C(C(O)C(C)C)N(C)C(=O)C(C(C)C)N(C)C(=O)C(CC(C)C)N(C)C(=O)C(CC(C)C)N(C)C(=O)C(C)NC(=O)C(CCCCN)NC(=O)C(C)N(C)C(=O)C(C(C)C)NC(=O)C(C)N(C)C(=O)CN(C)C1=O. The van der Waals surface area contributed by atoms with Gasteiger partial charge in [-0.15, -0.1) is 0 Å². The lowest BCUT2D eigenvalue weighted by atomic mass is 9.93. The molecule has 11 unspecified atom stereocenters. The average Bonchev–Trinajstić information content (AvgIpc) is 3.38. The highest BCUT2D eigenvalue weighted by Gasteiger charge is 2.45. The number of nitrogens with two attached hydrogens (primary N) is 1. The Morgan fingerprint density at radius 3 is 1.43 bits per heavy atom. The quantitative estimate of drug-likeness (QED) is 0.136. The molecule has 0 bridgehead atoms. The molecule has 7 N–H and O–H groups in total. The molecule has 24 heteroatoms. The second-order valence-electron chi connectivity index (χ2n) is 23.7. The molecule has 1 heterocycles. The van der Waals surface area contributed by atoms with Crippen molar-refractivity contribution in [1.29, 1.82) is 0 Å². The molecule has 0 saturated carbocycles. The van der Waals surface area contributed by atoms with Crippen molar-refractivity contribution in [3.05, 3.63) is 0 Å². The summed E-state index contributed by atoms with van der Waals surface area (Å²) >= 11 is 0. The van der Waals surface area contributed by atoms with Crippen molar-refractivity contribution >= 4 is 65.0 Å². The van der Waals surface area contributed by atoms with Crippen LogP contribution in [0.1, 0.15) is 135 Å². The van der Waals surface area contributed by atoms with Gasteiger partial charge in [0.25, 0.3) is 0 Å². The van der Waals surface area contributed by atoms with Crippen LogP contribution in [0.5, 0.6) is 0 Å². The van der Waals surface area contributed by atoms with Gasteiger partial charge >= 0.3 is 0 Å². The Bertz CT molecular complexity index is 2160. The van der Waals surface area contributed by atoms with E-state index in [1.807, 2.05) is 27.7 Å². The standard InChI is InChI=1S/C56H102N12O12/c1-22-38-52(76)62(15)29-42(69)63(16)36(13)48(72)61-43(32(6)7)55(79)64(17)37(14)47(71)60-39(25-23-24-26-57)49(73)58-35(12)51(75)65(18)40(27-30(2)3)53(77)66(19)41(28-31(4)5)54(78)67(20)44(33(8)9)56(80)68(21)45(50(74)59-38)46(70)34(10)11/h30-41,43-46,70H,22-29,57H2,1-21H3,(H,58,73)(H,59,74)(H,60,71)(H,61,72). The molecular formula is C56H102N12O12. The number of amides is 11. The average molecular weight is 1140 g/mol. The van der Waals surface area contributed by atoms with Gasteiger partial charge in [0.05, 0.1) is 12.6 Å². The zero-order valence-electron chi connectivity index (χ0n) is 52.0. The summed E-state index contributed by atoms with van der Waals surface area (Å²) in [5.41, 5.74) is 5.78. The Kier molecular flexibility index (Phi) is 29.3. The van der Waals surface area contributed by atoms with E-state index in [1.54, 1.807) is 48.5 Å². The first kappa shape index (κ1) is 72.1. The lowest BCUT2D eigenvalue weighted by molar-refractivity contribution is -0.157. The van der Waals surface area contributed by atoms with Crippen molar-refractivity contribution in [1.82, 2.24) is 55.6 Å². The molecule has 80 heavy (non-hydrogen) atoms. The van der Waals surface area contributed by atoms with E-state index in [0.717, 1.165) is 19.6 Å². The van der Waals surface area contributed by atoms with Gasteiger partial charge in [-0.3, -0.25) is 52.7 Å². The molecule has 0 aliphatic carbocycles. The predicted molar refractivity (Wildman–Crippen MR) is 304 cm³/mol. The Hall–Kier alpha value is -5.91. The van der Waals surface area contributed by atoms with Crippen molar-refractivity contribution in [2.45, 2.75) is 202 Å². The van der Waals surface area contributed by atoms with E-state index < -0.39 is 156 Å². The summed E-state index contributed by atoms with van der Waals surface area (Å²) in [6.45, 7) is 23.3. The van der Waals surface area contributed by atoms with Crippen molar-refractivity contribution in [2.75, 3.05) is 62.4 Å². The summed E-state index contributed by atoms with van der Waals surface area (Å²) in [5, 5.41) is 22.5. The second-order valence-corrected chi connectivity index (χ2v) is 23.7. The van der Waals surface area contributed by atoms with E-state index >= 15 is 0 Å². The van der Waals surface area contributed by atoms with Gasteiger partial charge in [-0.1, -0.05) is 76.2 Å². The molecule has 0 aromatic carbocycles. The Morgan fingerprint density at radius 1 is 0.500 bits per heavy atom. The van der Waals surface area contributed by atoms with E-state index in [4.69, 9.17) is 5.73 Å². The summed E-state index contributed by atoms with van der Waals surface area (Å²) in [5.74, 6) is -9.59. The Labute approximate surface area is 476 Å². The predicted octanol–water partition coefficient (Wildman–Crippen LogP) is 0.379. The van der Waals surface area contributed by atoms with Gasteiger partial charge in [0.1, 0.15) is 60.4 Å². The molecule has 1 aliphatic rings. The Morgan fingerprint density at radius 2 is 0.963 bits per heavy atom. The third-order valence-electron chi connectivity index (χ3n) is 15.3. The van der Waals surface area contributed by atoms with Crippen molar-refractivity contribution in [3.63, 3.8) is 0 Å². The van der Waals surface area contributed by atoms with Gasteiger partial charge in [0, 0.05) is 49.3 Å². The highest BCUT2D eigenvalue weighted by atomic mass is 16.3. The minimum Gasteiger partial charge on any atom is -0.390 e.